The van der Waals surface area contributed by atoms with E-state index in [1.54, 1.807) is 11.3 Å². The molecule has 1 aromatic heterocycles. The van der Waals surface area contributed by atoms with E-state index in [0.717, 1.165) is 11.1 Å². The van der Waals surface area contributed by atoms with E-state index < -0.39 is 0 Å². The number of hydrogen-bond donors (Lipinski definition) is 2. The van der Waals surface area contributed by atoms with E-state index in [2.05, 4.69) is 5.32 Å². The Morgan fingerprint density at radius 2 is 2.06 bits per heavy atom. The highest BCUT2D eigenvalue weighted by atomic mass is 32.1. The summed E-state index contributed by atoms with van der Waals surface area (Å²) in [6, 6.07) is 11.6. The lowest BCUT2D eigenvalue weighted by Gasteiger charge is -2.14. The van der Waals surface area contributed by atoms with Gasteiger partial charge < -0.3 is 11.1 Å². The summed E-state index contributed by atoms with van der Waals surface area (Å²) in [6.07, 6.45) is 0. The molecule has 2 aromatic rings. The molecule has 0 aliphatic heterocycles. The second-order valence-corrected chi connectivity index (χ2v) is 4.83. The summed E-state index contributed by atoms with van der Waals surface area (Å²) in [7, 11) is 0. The molecule has 3 N–H and O–H groups in total. The Morgan fingerprint density at radius 3 is 2.67 bits per heavy atom. The highest BCUT2D eigenvalue weighted by molar-refractivity contribution is 7.07. The summed E-state index contributed by atoms with van der Waals surface area (Å²) in [5.41, 5.74) is 7.78. The van der Waals surface area contributed by atoms with Crippen molar-refractivity contribution in [1.29, 1.82) is 0 Å². The van der Waals surface area contributed by atoms with Crippen LogP contribution in [-0.4, -0.2) is 12.5 Å². The number of benzene rings is 1. The van der Waals surface area contributed by atoms with Gasteiger partial charge in [-0.15, -0.1) is 0 Å². The Labute approximate surface area is 111 Å². The maximum atomic E-state index is 12.1. The molecule has 4 heteroatoms. The van der Waals surface area contributed by atoms with Gasteiger partial charge in [0.2, 0.25) is 5.91 Å². The van der Waals surface area contributed by atoms with Crippen molar-refractivity contribution in [2.24, 2.45) is 5.73 Å². The number of nitrogens with one attached hydrogen (secondary N) is 1. The predicted molar refractivity (Wildman–Crippen MR) is 74.4 cm³/mol. The van der Waals surface area contributed by atoms with E-state index in [-0.39, 0.29) is 11.8 Å². The van der Waals surface area contributed by atoms with Gasteiger partial charge in [-0.05, 0) is 28.0 Å². The van der Waals surface area contributed by atoms with Crippen LogP contribution in [0.3, 0.4) is 0 Å². The second kappa shape index (κ2) is 6.33. The molecule has 0 bridgehead atoms. The molecule has 0 aliphatic rings. The van der Waals surface area contributed by atoms with Crippen LogP contribution in [0.1, 0.15) is 17.0 Å². The molecule has 0 radical (unpaired) electrons. The smallest absolute Gasteiger partial charge is 0.229 e. The summed E-state index contributed by atoms with van der Waals surface area (Å²) in [5.74, 6) is -0.292. The lowest BCUT2D eigenvalue weighted by Crippen LogP contribution is -2.32. The Kier molecular flexibility index (Phi) is 4.50. The van der Waals surface area contributed by atoms with Gasteiger partial charge in [-0.2, -0.15) is 11.3 Å². The third kappa shape index (κ3) is 3.18. The third-order valence-corrected chi connectivity index (χ3v) is 3.53. The average Bonchev–Trinajstić information content (AvgIpc) is 2.92. The van der Waals surface area contributed by atoms with E-state index in [1.165, 1.54) is 0 Å². The van der Waals surface area contributed by atoms with Gasteiger partial charge in [-0.3, -0.25) is 4.79 Å². The first kappa shape index (κ1) is 12.8. The molecule has 3 nitrogen and oxygen atoms in total. The molecule has 0 spiro atoms. The van der Waals surface area contributed by atoms with Gasteiger partial charge >= 0.3 is 0 Å². The topological polar surface area (TPSA) is 55.1 Å². The van der Waals surface area contributed by atoms with E-state index in [0.29, 0.717) is 13.1 Å². The zero-order valence-corrected chi connectivity index (χ0v) is 10.8. The Morgan fingerprint density at radius 1 is 1.28 bits per heavy atom. The van der Waals surface area contributed by atoms with E-state index in [9.17, 15) is 4.79 Å². The molecule has 0 aliphatic carbocycles. The van der Waals surface area contributed by atoms with E-state index in [4.69, 9.17) is 5.73 Å². The fourth-order valence-electron chi connectivity index (χ4n) is 1.79. The SMILES string of the molecule is NCC(C(=O)NCc1ccsc1)c1ccccc1. The number of carbonyl (C=O) groups is 1. The molecular formula is C14H16N2OS. The molecule has 2 rings (SSSR count). The van der Waals surface area contributed by atoms with Crippen LogP contribution in [0.5, 0.6) is 0 Å². The van der Waals surface area contributed by atoms with Crippen LogP contribution < -0.4 is 11.1 Å². The zero-order chi connectivity index (χ0) is 12.8. The van der Waals surface area contributed by atoms with Crippen LogP contribution in [0, 0.1) is 0 Å². The summed E-state index contributed by atoms with van der Waals surface area (Å²) >= 11 is 1.63. The van der Waals surface area contributed by atoms with Crippen molar-refractivity contribution in [3.05, 3.63) is 58.3 Å². The lowest BCUT2D eigenvalue weighted by molar-refractivity contribution is -0.122. The van der Waals surface area contributed by atoms with Gasteiger partial charge in [0.15, 0.2) is 0 Å². The molecular weight excluding hydrogens is 244 g/mol. The number of thiophene rings is 1. The number of carbonyl (C=O) groups excluding carboxylic acids is 1. The van der Waals surface area contributed by atoms with Crippen molar-refractivity contribution in [3.63, 3.8) is 0 Å². The minimum absolute atomic E-state index is 0.0186. The number of rotatable bonds is 5. The number of nitrogens with two attached hydrogens (primary N) is 1. The molecule has 0 saturated carbocycles. The normalized spacial score (nSPS) is 12.1. The lowest BCUT2D eigenvalue weighted by atomic mass is 9.98. The van der Waals surface area contributed by atoms with Crippen LogP contribution >= 0.6 is 11.3 Å². The van der Waals surface area contributed by atoms with Crippen LogP contribution in [0.2, 0.25) is 0 Å². The first-order valence-electron chi connectivity index (χ1n) is 5.85. The second-order valence-electron chi connectivity index (χ2n) is 4.05. The standard InChI is InChI=1S/C14H16N2OS/c15-8-13(12-4-2-1-3-5-12)14(17)16-9-11-6-7-18-10-11/h1-7,10,13H,8-9,15H2,(H,16,17). The monoisotopic (exact) mass is 260 g/mol. The van der Waals surface area contributed by atoms with Crippen LogP contribution in [0.25, 0.3) is 0 Å². The van der Waals surface area contributed by atoms with Gasteiger partial charge in [0, 0.05) is 13.1 Å². The number of hydrogen-bond acceptors (Lipinski definition) is 3. The molecule has 18 heavy (non-hydrogen) atoms. The first-order chi connectivity index (χ1) is 8.81. The minimum atomic E-state index is -0.273. The van der Waals surface area contributed by atoms with Crippen LogP contribution in [-0.2, 0) is 11.3 Å². The first-order valence-corrected chi connectivity index (χ1v) is 6.79. The van der Waals surface area contributed by atoms with Crippen molar-refractivity contribution in [2.75, 3.05) is 6.54 Å². The predicted octanol–water partition coefficient (Wildman–Crippen LogP) is 2.11. The van der Waals surface area contributed by atoms with Gasteiger partial charge in [-0.1, -0.05) is 30.3 Å². The molecule has 0 saturated heterocycles. The van der Waals surface area contributed by atoms with Crippen LogP contribution in [0.4, 0.5) is 0 Å². The zero-order valence-electron chi connectivity index (χ0n) is 10.0. The molecule has 0 fully saturated rings. The van der Waals surface area contributed by atoms with E-state index in [1.807, 2.05) is 47.2 Å². The molecule has 1 unspecified atom stereocenters. The quantitative estimate of drug-likeness (QED) is 0.865. The minimum Gasteiger partial charge on any atom is -0.351 e. The number of amides is 1. The van der Waals surface area contributed by atoms with Crippen molar-refractivity contribution < 1.29 is 4.79 Å². The summed E-state index contributed by atoms with van der Waals surface area (Å²) in [5, 5.41) is 6.95. The maximum Gasteiger partial charge on any atom is 0.229 e. The molecule has 94 valence electrons. The fourth-order valence-corrected chi connectivity index (χ4v) is 2.45. The van der Waals surface area contributed by atoms with Crippen molar-refractivity contribution >= 4 is 17.2 Å². The molecule has 1 amide bonds. The highest BCUT2D eigenvalue weighted by Crippen LogP contribution is 2.14. The Hall–Kier alpha value is -1.65. The molecule has 1 aromatic carbocycles. The van der Waals surface area contributed by atoms with Gasteiger partial charge in [0.25, 0.3) is 0 Å². The summed E-state index contributed by atoms with van der Waals surface area (Å²) in [6.45, 7) is 0.880. The fraction of sp³-hybridized carbons (Fsp3) is 0.214. The van der Waals surface area contributed by atoms with Crippen LogP contribution in [0.15, 0.2) is 47.2 Å². The van der Waals surface area contributed by atoms with Gasteiger partial charge in [-0.25, -0.2) is 0 Å². The molecule has 1 heterocycles. The Bertz CT molecular complexity index is 482. The van der Waals surface area contributed by atoms with Gasteiger partial charge in [0.1, 0.15) is 0 Å². The average molecular weight is 260 g/mol. The highest BCUT2D eigenvalue weighted by Gasteiger charge is 2.18. The summed E-state index contributed by atoms with van der Waals surface area (Å²) < 4.78 is 0. The van der Waals surface area contributed by atoms with Crippen molar-refractivity contribution in [2.45, 2.75) is 12.5 Å². The maximum absolute atomic E-state index is 12.1. The third-order valence-electron chi connectivity index (χ3n) is 2.80. The molecule has 1 atom stereocenters. The van der Waals surface area contributed by atoms with Crippen molar-refractivity contribution in [3.8, 4) is 0 Å². The Balaban J connectivity index is 1.98. The van der Waals surface area contributed by atoms with Gasteiger partial charge in [0.05, 0.1) is 5.92 Å². The van der Waals surface area contributed by atoms with Crippen molar-refractivity contribution in [1.82, 2.24) is 5.32 Å². The van der Waals surface area contributed by atoms with E-state index >= 15 is 0 Å². The summed E-state index contributed by atoms with van der Waals surface area (Å²) in [4.78, 5) is 12.1. The largest absolute Gasteiger partial charge is 0.351 e.